The van der Waals surface area contributed by atoms with Crippen molar-refractivity contribution in [1.82, 2.24) is 15.2 Å². The lowest BCUT2D eigenvalue weighted by Crippen LogP contribution is -2.52. The fourth-order valence-electron chi connectivity index (χ4n) is 4.22. The number of fused-ring (bicyclic) bond motifs is 1. The normalized spacial score (nSPS) is 13.6. The van der Waals surface area contributed by atoms with Gasteiger partial charge in [0.05, 0.1) is 11.6 Å². The molecule has 15 heteroatoms. The maximum Gasteiger partial charge on any atom is 0.573 e. The molecule has 1 heterocycles. The Bertz CT molecular complexity index is 1390. The van der Waals surface area contributed by atoms with Gasteiger partial charge in [-0.1, -0.05) is 18.2 Å². The third-order valence-electron chi connectivity index (χ3n) is 6.38. The Kier molecular flexibility index (Phi) is 11.8. The van der Waals surface area contributed by atoms with Crippen molar-refractivity contribution < 1.29 is 37.4 Å². The number of nitrogens with two attached hydrogens (primary N) is 3. The third-order valence-corrected chi connectivity index (χ3v) is 6.38. The third kappa shape index (κ3) is 9.89. The predicted octanol–water partition coefficient (Wildman–Crippen LogP) is 1.14. The number of nitrogens with one attached hydrogen (secondary N) is 2. The molecule has 0 aliphatic carbocycles. The zero-order chi connectivity index (χ0) is 31.6. The van der Waals surface area contributed by atoms with Gasteiger partial charge in [-0.2, -0.15) is 0 Å². The van der Waals surface area contributed by atoms with Crippen molar-refractivity contribution in [3.05, 3.63) is 66.4 Å². The van der Waals surface area contributed by atoms with E-state index in [9.17, 15) is 32.7 Å². The molecule has 1 aromatic heterocycles. The van der Waals surface area contributed by atoms with Gasteiger partial charge in [-0.25, -0.2) is 0 Å². The van der Waals surface area contributed by atoms with Gasteiger partial charge >= 0.3 is 6.36 Å². The molecular weight excluding hydrogens is 571 g/mol. The van der Waals surface area contributed by atoms with Crippen molar-refractivity contribution in [2.24, 2.45) is 17.2 Å². The summed E-state index contributed by atoms with van der Waals surface area (Å²) in [6.07, 6.45) is -5.20. The van der Waals surface area contributed by atoms with E-state index in [0.717, 1.165) is 24.3 Å². The number of anilines is 1. The Balaban J connectivity index is 1.78. The van der Waals surface area contributed by atoms with Gasteiger partial charge in [0.25, 0.3) is 0 Å². The maximum atomic E-state index is 13.4. The Morgan fingerprint density at radius 3 is 2.30 bits per heavy atom. The number of halogens is 3. The van der Waals surface area contributed by atoms with E-state index >= 15 is 0 Å². The van der Waals surface area contributed by atoms with Crippen molar-refractivity contribution in [1.29, 1.82) is 0 Å². The lowest BCUT2D eigenvalue weighted by molar-refractivity contribution is -0.274. The Morgan fingerprint density at radius 2 is 1.67 bits per heavy atom. The van der Waals surface area contributed by atoms with Crippen LogP contribution in [0, 0.1) is 0 Å². The molecule has 0 aliphatic heterocycles. The molecule has 0 spiro atoms. The van der Waals surface area contributed by atoms with Gasteiger partial charge in [0.2, 0.25) is 17.7 Å². The number of carbonyl (C=O) groups excluding carboxylic acids is 3. The van der Waals surface area contributed by atoms with Crippen molar-refractivity contribution in [2.45, 2.75) is 37.4 Å². The van der Waals surface area contributed by atoms with E-state index in [1.807, 2.05) is 0 Å². The molecule has 232 valence electrons. The number of alkyl halides is 3. The smallest absolute Gasteiger partial charge is 0.406 e. The molecule has 3 rings (SSSR count). The highest BCUT2D eigenvalue weighted by Gasteiger charge is 2.33. The van der Waals surface area contributed by atoms with E-state index < -0.39 is 42.1 Å². The number of ether oxygens (including phenoxy) is 1. The van der Waals surface area contributed by atoms with Gasteiger partial charge in [-0.15, -0.1) is 13.2 Å². The summed E-state index contributed by atoms with van der Waals surface area (Å²) in [5, 5.41) is 16.8. The van der Waals surface area contributed by atoms with Crippen LogP contribution in [0.3, 0.4) is 0 Å². The highest BCUT2D eigenvalue weighted by atomic mass is 19.4. The number of hydrogen-bond acceptors (Lipinski definition) is 9. The minimum Gasteiger partial charge on any atom is -0.406 e. The Hall–Kier alpha value is -4.31. The number of carbonyl (C=O) groups is 3. The van der Waals surface area contributed by atoms with Gasteiger partial charge in [-0.05, 0) is 48.4 Å². The quantitative estimate of drug-likeness (QED) is 0.156. The fraction of sp³-hybridized carbons (Fsp3) is 0.357. The lowest BCUT2D eigenvalue weighted by Gasteiger charge is -2.26. The van der Waals surface area contributed by atoms with Crippen LogP contribution >= 0.6 is 0 Å². The average molecular weight is 606 g/mol. The molecule has 0 radical (unpaired) electrons. The second-order valence-electron chi connectivity index (χ2n) is 9.55. The van der Waals surface area contributed by atoms with Crippen LogP contribution < -0.4 is 32.6 Å². The predicted molar refractivity (Wildman–Crippen MR) is 152 cm³/mol. The number of aliphatic hydroxyl groups is 1. The zero-order valence-electron chi connectivity index (χ0n) is 23.1. The van der Waals surface area contributed by atoms with Crippen molar-refractivity contribution in [3.63, 3.8) is 0 Å². The number of aromatic nitrogens is 1. The van der Waals surface area contributed by atoms with Crippen LogP contribution in [0.15, 0.2) is 60.8 Å². The number of amides is 3. The number of nitrogens with zero attached hydrogens (tertiary/aromatic N) is 2. The molecule has 12 nitrogen and oxygen atoms in total. The van der Waals surface area contributed by atoms with Crippen molar-refractivity contribution >= 4 is 34.3 Å². The van der Waals surface area contributed by atoms with E-state index in [0.29, 0.717) is 16.6 Å². The van der Waals surface area contributed by atoms with Crippen LogP contribution in [0.4, 0.5) is 18.9 Å². The van der Waals surface area contributed by atoms with Crippen LogP contribution in [0.2, 0.25) is 0 Å². The summed E-state index contributed by atoms with van der Waals surface area (Å²) in [4.78, 5) is 44.6. The Labute approximate surface area is 245 Å². The van der Waals surface area contributed by atoms with E-state index in [1.165, 1.54) is 4.90 Å². The van der Waals surface area contributed by atoms with Crippen LogP contribution in [-0.4, -0.2) is 77.3 Å². The number of benzene rings is 2. The molecule has 3 atom stereocenters. The minimum absolute atomic E-state index is 0.0145. The molecule has 3 aromatic rings. The van der Waals surface area contributed by atoms with E-state index in [-0.39, 0.29) is 50.5 Å². The van der Waals surface area contributed by atoms with Gasteiger partial charge in [0.15, 0.2) is 0 Å². The first-order valence-electron chi connectivity index (χ1n) is 13.3. The van der Waals surface area contributed by atoms with Crippen LogP contribution in [0.5, 0.6) is 5.75 Å². The summed E-state index contributed by atoms with van der Waals surface area (Å²) in [6.45, 7) is 1.01. The van der Waals surface area contributed by atoms with E-state index in [2.05, 4.69) is 20.4 Å². The number of hydrogen-bond donors (Lipinski definition) is 6. The molecule has 0 saturated heterocycles. The number of aliphatic hydroxyl groups excluding tert-OH is 1. The summed E-state index contributed by atoms with van der Waals surface area (Å²) in [6, 6.07) is 9.69. The first kappa shape index (κ1) is 33.2. The summed E-state index contributed by atoms with van der Waals surface area (Å²) < 4.78 is 41.6. The summed E-state index contributed by atoms with van der Waals surface area (Å²) in [7, 11) is 0. The molecule has 0 aliphatic rings. The van der Waals surface area contributed by atoms with Gasteiger partial charge in [-0.3, -0.25) is 19.4 Å². The largest absolute Gasteiger partial charge is 0.573 e. The zero-order valence-corrected chi connectivity index (χ0v) is 23.1. The Morgan fingerprint density at radius 1 is 1.00 bits per heavy atom. The molecule has 0 bridgehead atoms. The standard InChI is InChI=1S/C28H34F3N7O5/c29-28(30,31)43-20-6-3-17(4-7-20)25(40)24(27(42)36-19-5-9-22-18(16-19)2-1-13-35-22)37-26(41)21(34)8-10-23(39)38(14-11-32)15-12-33/h1-7,9,13,16,21,24-25,40H,8,10-12,14-15,32-34H2,(H,36,42)(H,37,41)/t21-,24-,25+/m0/s1. The topological polar surface area (TPSA) is 199 Å². The summed E-state index contributed by atoms with van der Waals surface area (Å²) >= 11 is 0. The fourth-order valence-corrected chi connectivity index (χ4v) is 4.22. The molecule has 3 amide bonds. The van der Waals surface area contributed by atoms with Crippen LogP contribution in [0.25, 0.3) is 10.9 Å². The van der Waals surface area contributed by atoms with Crippen molar-refractivity contribution in [2.75, 3.05) is 31.5 Å². The molecule has 2 aromatic carbocycles. The van der Waals surface area contributed by atoms with Gasteiger partial charge in [0.1, 0.15) is 17.9 Å². The first-order chi connectivity index (χ1) is 20.4. The summed E-state index contributed by atoms with van der Waals surface area (Å²) in [5.74, 6) is -2.51. The minimum atomic E-state index is -4.92. The van der Waals surface area contributed by atoms with E-state index in [1.54, 1.807) is 36.5 Å². The van der Waals surface area contributed by atoms with Crippen LogP contribution in [0.1, 0.15) is 24.5 Å². The molecular formula is C28H34F3N7O5. The highest BCUT2D eigenvalue weighted by Crippen LogP contribution is 2.26. The van der Waals surface area contributed by atoms with E-state index in [4.69, 9.17) is 17.2 Å². The van der Waals surface area contributed by atoms with Crippen LogP contribution in [-0.2, 0) is 14.4 Å². The second kappa shape index (κ2) is 15.2. The first-order valence-corrected chi connectivity index (χ1v) is 13.3. The molecule has 9 N–H and O–H groups in total. The van der Waals surface area contributed by atoms with Gasteiger partial charge in [0, 0.05) is 49.9 Å². The maximum absolute atomic E-state index is 13.4. The highest BCUT2D eigenvalue weighted by molar-refractivity contribution is 5.99. The van der Waals surface area contributed by atoms with Gasteiger partial charge < -0.3 is 42.6 Å². The molecule has 0 unspecified atom stereocenters. The average Bonchev–Trinajstić information content (AvgIpc) is 2.97. The second-order valence-corrected chi connectivity index (χ2v) is 9.55. The number of pyridine rings is 1. The molecule has 43 heavy (non-hydrogen) atoms. The SMILES string of the molecule is NCCN(CCN)C(=O)CC[C@H](N)C(=O)N[C@H](C(=O)Nc1ccc2ncccc2c1)[C@H](O)c1ccc(OC(F)(F)F)cc1. The lowest BCUT2D eigenvalue weighted by atomic mass is 10.00. The molecule has 0 fully saturated rings. The van der Waals surface area contributed by atoms with Crippen molar-refractivity contribution in [3.8, 4) is 5.75 Å². The monoisotopic (exact) mass is 605 g/mol. The number of rotatable bonds is 14. The summed E-state index contributed by atoms with van der Waals surface area (Å²) in [5.41, 5.74) is 18.1. The molecule has 0 saturated carbocycles.